The molecule has 0 N–H and O–H groups in total. The van der Waals surface area contributed by atoms with E-state index in [-0.39, 0.29) is 28.4 Å². The zero-order valence-corrected chi connectivity index (χ0v) is 95.0. The number of hydrogen-bond donors (Lipinski definition) is 0. The molecule has 0 aliphatic carbocycles. The number of hydrogen-bond acceptors (Lipinski definition) is 24. The SMILES string of the molecule is CC1C[SiH](C)O[SiH](C)O[Si](CC[Si](C)(C)O[Si](C)(C)O[Si](C)(C)O[Si](O[Si]O[Si]O[Si](C)(C)CC[Si]2O[SiH](C)C[SiH](C)O[SiH](C)O2)(O[Si](C)(C)CO[Si](C)(C)O[Si](C)(C)CC[Si]2O[SiH](C)C[SiH](C)O[SiH](C)O2)O[Si](C)(C)O[Si](C)(C)O[Si](C)(C)CC[Si]2OC(C)C[SiH](C)O[SiH](C)O2)O1. The lowest BCUT2D eigenvalue weighted by atomic mass is 10.5. The molecule has 0 aromatic rings. The lowest BCUT2D eigenvalue weighted by molar-refractivity contribution is 0.113. The van der Waals surface area contributed by atoms with Crippen LogP contribution in [0, 0.1) is 0 Å². The first-order valence-electron chi connectivity index (χ1n) is 35.8. The molecule has 4 rings (SSSR count). The predicted octanol–water partition coefficient (Wildman–Crippen LogP) is 9.35. The zero-order chi connectivity index (χ0) is 74.3. The molecule has 8 radical (unpaired) electrons. The summed E-state index contributed by atoms with van der Waals surface area (Å²) in [5.74, 6) is 0. The van der Waals surface area contributed by atoms with Crippen molar-refractivity contribution < 1.29 is 99.7 Å². The van der Waals surface area contributed by atoms with Crippen LogP contribution >= 0.6 is 0 Å². The molecular formula is C47H134O24Si27. The second-order valence-corrected chi connectivity index (χ2v) is 111. The summed E-state index contributed by atoms with van der Waals surface area (Å²) >= 11 is 0. The van der Waals surface area contributed by atoms with Crippen LogP contribution in [0.5, 0.6) is 0 Å². The predicted molar refractivity (Wildman–Crippen MR) is 453 cm³/mol. The molecule has 12 unspecified atom stereocenters. The van der Waals surface area contributed by atoms with Crippen LogP contribution in [0.15, 0.2) is 0 Å². The minimum atomic E-state index is -4.49. The Hall–Kier alpha value is 4.90. The quantitative estimate of drug-likeness (QED) is 0.0417. The van der Waals surface area contributed by atoms with Gasteiger partial charge in [-0.25, -0.2) is 0 Å². The van der Waals surface area contributed by atoms with E-state index in [2.05, 4.69) is 184 Å². The zero-order valence-electron chi connectivity index (χ0n) is 66.4. The monoisotopic (exact) mass is 1840 g/mol. The van der Waals surface area contributed by atoms with E-state index in [1.807, 2.05) is 26.2 Å². The Labute approximate surface area is 636 Å². The first-order valence-corrected chi connectivity index (χ1v) is 97.8. The average Bonchev–Trinajstić information content (AvgIpc) is 0.778. The molecule has 4 aliphatic rings. The van der Waals surface area contributed by atoms with Crippen LogP contribution in [0.1, 0.15) is 13.8 Å². The highest BCUT2D eigenvalue weighted by molar-refractivity contribution is 6.94. The van der Waals surface area contributed by atoms with Crippen molar-refractivity contribution in [3.05, 3.63) is 0 Å². The molecule has 98 heavy (non-hydrogen) atoms. The highest BCUT2D eigenvalue weighted by Gasteiger charge is 2.60. The summed E-state index contributed by atoms with van der Waals surface area (Å²) in [4.78, 5) is 0. The third-order valence-corrected chi connectivity index (χ3v) is 105. The molecule has 51 heteroatoms. The van der Waals surface area contributed by atoms with Gasteiger partial charge in [0, 0.05) is 12.2 Å². The molecule has 0 saturated carbocycles. The molecule has 0 aromatic heterocycles. The molecule has 4 heterocycles. The van der Waals surface area contributed by atoms with Crippen LogP contribution in [-0.2, 0) is 99.7 Å². The van der Waals surface area contributed by atoms with Crippen LogP contribution in [0.2, 0.25) is 268 Å². The first-order chi connectivity index (χ1) is 44.6. The Morgan fingerprint density at radius 2 is 0.653 bits per heavy atom. The Morgan fingerprint density at radius 1 is 0.337 bits per heavy atom. The maximum Gasteiger partial charge on any atom is 0.641 e. The van der Waals surface area contributed by atoms with Crippen LogP contribution in [-0.4, -0.2) is 260 Å². The van der Waals surface area contributed by atoms with Crippen molar-refractivity contribution in [1.82, 2.24) is 0 Å². The van der Waals surface area contributed by atoms with Gasteiger partial charge in [0.15, 0.2) is 87.5 Å². The van der Waals surface area contributed by atoms with E-state index in [0.717, 1.165) is 71.8 Å². The van der Waals surface area contributed by atoms with E-state index in [1.165, 1.54) is 0 Å². The fourth-order valence-corrected chi connectivity index (χ4v) is 117. The Balaban J connectivity index is 1.69. The van der Waals surface area contributed by atoms with E-state index < -0.39 is 232 Å². The van der Waals surface area contributed by atoms with Crippen molar-refractivity contribution in [3.63, 3.8) is 0 Å². The van der Waals surface area contributed by atoms with Gasteiger partial charge in [-0.3, -0.25) is 0 Å². The second kappa shape index (κ2) is 41.6. The fraction of sp³-hybridized carbons (Fsp3) is 1.00. The molecule has 0 aromatic carbocycles. The molecule has 0 amide bonds. The van der Waals surface area contributed by atoms with Crippen molar-refractivity contribution in [2.45, 2.75) is 294 Å². The molecule has 0 spiro atoms. The van der Waals surface area contributed by atoms with E-state index in [0.29, 0.717) is 0 Å². The van der Waals surface area contributed by atoms with Crippen LogP contribution in [0.4, 0.5) is 0 Å². The van der Waals surface area contributed by atoms with Crippen molar-refractivity contribution >= 4 is 242 Å². The summed E-state index contributed by atoms with van der Waals surface area (Å²) < 4.78 is 165. The van der Waals surface area contributed by atoms with Crippen LogP contribution in [0.25, 0.3) is 0 Å². The summed E-state index contributed by atoms with van der Waals surface area (Å²) in [6, 6.07) is 8.77. The van der Waals surface area contributed by atoms with Gasteiger partial charge in [-0.05, 0) is 282 Å². The maximum absolute atomic E-state index is 7.65. The van der Waals surface area contributed by atoms with Gasteiger partial charge in [-0.1, -0.05) is 0 Å². The largest absolute Gasteiger partial charge is 0.641 e. The standard InChI is InChI=1S/C47H134O24Si27/c1-46-41-74(3)54-80(9)60-84(49-46)33-38-90(17,18)65-94(25,26)68-96(29,30)70-98(53-73-51-72-52-88(13,14)37-35-86-58-78(7)44-76(5)56-82(11)62-86,71-97(31,32)69-95(27,28)66-91(19,20)39-34-85-50-47(2)42-75(4)55-81(10)61-85)67-92(21,22)43-48-93(23,24)64-89(15,16)40-36-87-59-79(8)45-77(6)57-83(12)63-87/h46-47,74-83H,33-45H2,1-32H3. The highest BCUT2D eigenvalue weighted by Crippen LogP contribution is 2.35. The van der Waals surface area contributed by atoms with E-state index in [9.17, 15) is 0 Å². The maximum atomic E-state index is 7.65. The van der Waals surface area contributed by atoms with Crippen molar-refractivity contribution in [1.29, 1.82) is 0 Å². The van der Waals surface area contributed by atoms with Crippen molar-refractivity contribution in [3.8, 4) is 0 Å². The van der Waals surface area contributed by atoms with E-state index in [1.54, 1.807) is 0 Å². The first kappa shape index (κ1) is 95.3. The molecule has 574 valence electrons. The van der Waals surface area contributed by atoms with Gasteiger partial charge in [0.2, 0.25) is 8.32 Å². The van der Waals surface area contributed by atoms with Gasteiger partial charge in [-0.15, -0.1) is 0 Å². The minimum Gasteiger partial charge on any atom is -0.442 e. The second-order valence-electron chi connectivity index (χ2n) is 32.5. The molecule has 4 aliphatic heterocycles. The third kappa shape index (κ3) is 40.4. The molecule has 24 nitrogen and oxygen atoms in total. The lowest BCUT2D eigenvalue weighted by Gasteiger charge is -2.46. The topological polar surface area (TPSA) is 222 Å². The minimum absolute atomic E-state index is 0.116. The lowest BCUT2D eigenvalue weighted by Crippen LogP contribution is -2.68. The van der Waals surface area contributed by atoms with Gasteiger partial charge >= 0.3 is 109 Å². The molecule has 4 fully saturated rings. The molecular weight excluding hydrogens is 1710 g/mol. The van der Waals surface area contributed by atoms with Gasteiger partial charge in [0.25, 0.3) is 37.1 Å². The smallest absolute Gasteiger partial charge is 0.442 e. The highest BCUT2D eigenvalue weighted by atomic mass is 28.6. The van der Waals surface area contributed by atoms with E-state index in [4.69, 9.17) is 99.7 Å². The summed E-state index contributed by atoms with van der Waals surface area (Å²) in [6.07, 6.45) is 0.512. The molecule has 12 atom stereocenters. The Kier molecular flexibility index (Phi) is 40.4. The Morgan fingerprint density at radius 3 is 1.04 bits per heavy atom. The van der Waals surface area contributed by atoms with Crippen molar-refractivity contribution in [2.75, 3.05) is 6.23 Å². The van der Waals surface area contributed by atoms with E-state index >= 15 is 0 Å². The van der Waals surface area contributed by atoms with Gasteiger partial charge < -0.3 is 99.7 Å². The summed E-state index contributed by atoms with van der Waals surface area (Å²) in [6.45, 7) is 69.8. The van der Waals surface area contributed by atoms with Gasteiger partial charge in [0.05, 0.1) is 6.23 Å². The van der Waals surface area contributed by atoms with Crippen LogP contribution < -0.4 is 0 Å². The van der Waals surface area contributed by atoms with Gasteiger partial charge in [0.1, 0.15) is 0 Å². The van der Waals surface area contributed by atoms with Crippen LogP contribution in [0.3, 0.4) is 0 Å². The summed E-state index contributed by atoms with van der Waals surface area (Å²) in [5.41, 5.74) is 2.27. The fourth-order valence-electron chi connectivity index (χ4n) is 12.7. The Bertz CT molecular complexity index is 2190. The number of rotatable bonds is 37. The summed E-state index contributed by atoms with van der Waals surface area (Å²) in [5, 5.41) is 0. The third-order valence-electron chi connectivity index (χ3n) is 15.6. The summed E-state index contributed by atoms with van der Waals surface area (Å²) in [7, 11) is -54.5. The molecule has 4 saturated heterocycles. The molecule has 0 bridgehead atoms. The van der Waals surface area contributed by atoms with Crippen molar-refractivity contribution in [2.24, 2.45) is 0 Å². The normalized spacial score (nSPS) is 29.0. The van der Waals surface area contributed by atoms with Gasteiger partial charge in [-0.2, -0.15) is 0 Å². The average molecular weight is 1840 g/mol.